The molecule has 278 valence electrons. The Morgan fingerprint density at radius 2 is 0.778 bits per heavy atom. The van der Waals surface area contributed by atoms with Gasteiger partial charge < -0.3 is 9.80 Å². The first-order valence-corrected chi connectivity index (χ1v) is 28.1. The second kappa shape index (κ2) is 11.0. The van der Waals surface area contributed by atoms with E-state index < -0.39 is 16.1 Å². The highest BCUT2D eigenvalue weighted by Crippen LogP contribution is 2.63. The molecule has 54 heavy (non-hydrogen) atoms. The van der Waals surface area contributed by atoms with Crippen LogP contribution in [0.5, 0.6) is 0 Å². The van der Waals surface area contributed by atoms with Crippen molar-refractivity contribution in [1.29, 1.82) is 0 Å². The van der Waals surface area contributed by atoms with Crippen LogP contribution in [0.25, 0.3) is 32.3 Å². The van der Waals surface area contributed by atoms with E-state index in [0.717, 1.165) is 0 Å². The molecule has 4 heteroatoms. The van der Waals surface area contributed by atoms with Crippen LogP contribution in [0.3, 0.4) is 0 Å². The fraction of sp³-hybridized carbons (Fsp3) is 0.440. The highest BCUT2D eigenvalue weighted by Gasteiger charge is 2.59. The molecule has 10 rings (SSSR count). The highest BCUT2D eigenvalue weighted by molar-refractivity contribution is 6.89. The molecule has 0 N–H and O–H groups in total. The fourth-order valence-electron chi connectivity index (χ4n) is 12.3. The number of anilines is 4. The third-order valence-electron chi connectivity index (χ3n) is 16.0. The van der Waals surface area contributed by atoms with Crippen molar-refractivity contribution in [3.8, 4) is 0 Å². The average Bonchev–Trinajstić information content (AvgIpc) is 3.47. The van der Waals surface area contributed by atoms with Crippen LogP contribution in [0, 0.1) is 0 Å². The number of rotatable bonds is 4. The first-order valence-electron chi connectivity index (χ1n) is 21.1. The molecule has 4 atom stereocenters. The maximum Gasteiger partial charge on any atom is 0.0776 e. The van der Waals surface area contributed by atoms with Crippen LogP contribution in [-0.2, 0) is 10.8 Å². The maximum absolute atomic E-state index is 2.82. The van der Waals surface area contributed by atoms with E-state index in [1.807, 2.05) is 0 Å². The van der Waals surface area contributed by atoms with Crippen LogP contribution in [0.1, 0.15) is 90.2 Å². The van der Waals surface area contributed by atoms with Gasteiger partial charge in [-0.2, -0.15) is 0 Å². The number of nitrogens with zero attached hydrogens (tertiary/aromatic N) is 2. The molecular formula is C50H60N2Si2. The summed E-state index contributed by atoms with van der Waals surface area (Å²) in [5.41, 5.74) is 9.11. The van der Waals surface area contributed by atoms with E-state index in [0.29, 0.717) is 0 Å². The SMILES string of the molecule is CC12CCCCC1(C)N(c1ccc3ccc4c(N5c6ccc([Si](C)(C)C)cc6C6(C)CCCCC56C)ccc5ccc1c3c54)c1ccc([Si](C)(C)C)cc12. The van der Waals surface area contributed by atoms with E-state index in [2.05, 4.69) is 162 Å². The van der Waals surface area contributed by atoms with E-state index >= 15 is 0 Å². The number of hydrogen-bond donors (Lipinski definition) is 0. The standard InChI is InChI=1S/C50H60N2Si2/c1-47-27-11-13-29-49(47,3)51(43-25-19-35(31-39(43)47)53(5,6)7)41-23-17-33-16-22-38-42(24-18-34-15-21-37(41)45(33)46(34)38)52-44-26-20-36(54(8,9)10)32-40(44)48(2)28-12-14-30-50(48,52)4/h15-26,31-32H,11-14,27-30H2,1-10H3. The highest BCUT2D eigenvalue weighted by atomic mass is 28.3. The largest absolute Gasteiger partial charge is 0.334 e. The van der Waals surface area contributed by atoms with Crippen molar-refractivity contribution in [2.45, 2.75) is 140 Å². The second-order valence-corrected chi connectivity index (χ2v) is 31.0. The van der Waals surface area contributed by atoms with Gasteiger partial charge in [0.25, 0.3) is 0 Å². The van der Waals surface area contributed by atoms with Gasteiger partial charge in [0.05, 0.1) is 27.2 Å². The summed E-state index contributed by atoms with van der Waals surface area (Å²) >= 11 is 0. The molecule has 4 aliphatic rings. The van der Waals surface area contributed by atoms with Crippen molar-refractivity contribution in [3.05, 3.63) is 96.1 Å². The van der Waals surface area contributed by atoms with Crippen molar-refractivity contribution >= 4 is 81.6 Å². The zero-order valence-electron chi connectivity index (χ0n) is 34.6. The minimum absolute atomic E-state index is 0.0216. The van der Waals surface area contributed by atoms with Gasteiger partial charge >= 0.3 is 0 Å². The summed E-state index contributed by atoms with van der Waals surface area (Å²) in [6.45, 7) is 25.4. The Morgan fingerprint density at radius 1 is 0.426 bits per heavy atom. The van der Waals surface area contributed by atoms with E-state index in [-0.39, 0.29) is 21.9 Å². The summed E-state index contributed by atoms with van der Waals surface area (Å²) in [4.78, 5) is 5.65. The summed E-state index contributed by atoms with van der Waals surface area (Å²) < 4.78 is 0. The molecule has 0 radical (unpaired) electrons. The first kappa shape index (κ1) is 34.9. The van der Waals surface area contributed by atoms with Crippen LogP contribution in [0.15, 0.2) is 84.9 Å². The van der Waals surface area contributed by atoms with Gasteiger partial charge in [-0.25, -0.2) is 0 Å². The molecule has 0 aromatic heterocycles. The quantitative estimate of drug-likeness (QED) is 0.131. The van der Waals surface area contributed by atoms with Crippen LogP contribution < -0.4 is 20.2 Å². The fourth-order valence-corrected chi connectivity index (χ4v) is 14.6. The Hall–Kier alpha value is -3.61. The lowest BCUT2D eigenvalue weighted by atomic mass is 9.61. The molecule has 6 aromatic rings. The number of fused-ring (bicyclic) bond motifs is 6. The Morgan fingerprint density at radius 3 is 1.17 bits per heavy atom. The van der Waals surface area contributed by atoms with Gasteiger partial charge in [-0.3, -0.25) is 0 Å². The van der Waals surface area contributed by atoms with Crippen LogP contribution in [0.4, 0.5) is 22.7 Å². The normalized spacial score (nSPS) is 28.2. The Bertz CT molecular complexity index is 2350. The van der Waals surface area contributed by atoms with Gasteiger partial charge in [-0.1, -0.05) is 150 Å². The Kier molecular flexibility index (Phi) is 7.12. The molecule has 4 unspecified atom stereocenters. The van der Waals surface area contributed by atoms with Gasteiger partial charge in [-0.05, 0) is 96.5 Å². The zero-order valence-corrected chi connectivity index (χ0v) is 36.6. The van der Waals surface area contributed by atoms with E-state index in [9.17, 15) is 0 Å². The summed E-state index contributed by atoms with van der Waals surface area (Å²) in [5.74, 6) is 0. The summed E-state index contributed by atoms with van der Waals surface area (Å²) in [6, 6.07) is 34.8. The third kappa shape index (κ3) is 4.33. The predicted molar refractivity (Wildman–Crippen MR) is 242 cm³/mol. The average molecular weight is 745 g/mol. The predicted octanol–water partition coefficient (Wildman–Crippen LogP) is 13.2. The topological polar surface area (TPSA) is 6.48 Å². The third-order valence-corrected chi connectivity index (χ3v) is 20.1. The second-order valence-electron chi connectivity index (χ2n) is 20.9. The molecule has 2 saturated carbocycles. The lowest BCUT2D eigenvalue weighted by Gasteiger charge is -2.50. The molecule has 2 nitrogen and oxygen atoms in total. The Balaban J connectivity index is 1.21. The van der Waals surface area contributed by atoms with Gasteiger partial charge in [0.2, 0.25) is 0 Å². The molecule has 0 saturated heterocycles. The number of hydrogen-bond acceptors (Lipinski definition) is 2. The number of benzene rings is 6. The van der Waals surface area contributed by atoms with Gasteiger partial charge in [0, 0.05) is 44.4 Å². The molecule has 0 bridgehead atoms. The van der Waals surface area contributed by atoms with E-state index in [1.54, 1.807) is 21.5 Å². The minimum atomic E-state index is -1.47. The lowest BCUT2D eigenvalue weighted by Crippen LogP contribution is -2.54. The molecular weight excluding hydrogens is 685 g/mol. The van der Waals surface area contributed by atoms with Crippen molar-refractivity contribution in [2.24, 2.45) is 0 Å². The van der Waals surface area contributed by atoms with Crippen LogP contribution in [-0.4, -0.2) is 27.2 Å². The van der Waals surface area contributed by atoms with Crippen molar-refractivity contribution in [2.75, 3.05) is 9.80 Å². The summed E-state index contributed by atoms with van der Waals surface area (Å²) in [6.07, 6.45) is 10.2. The molecule has 2 fully saturated rings. The molecule has 2 heterocycles. The summed E-state index contributed by atoms with van der Waals surface area (Å²) in [5, 5.41) is 11.5. The van der Waals surface area contributed by atoms with Gasteiger partial charge in [0.15, 0.2) is 0 Å². The van der Waals surface area contributed by atoms with Crippen LogP contribution in [0.2, 0.25) is 39.3 Å². The van der Waals surface area contributed by atoms with E-state index in [4.69, 9.17) is 0 Å². The van der Waals surface area contributed by atoms with E-state index in [1.165, 1.54) is 106 Å². The maximum atomic E-state index is 2.82. The van der Waals surface area contributed by atoms with Crippen molar-refractivity contribution in [1.82, 2.24) is 0 Å². The Labute approximate surface area is 326 Å². The molecule has 6 aromatic carbocycles. The van der Waals surface area contributed by atoms with Crippen molar-refractivity contribution in [3.63, 3.8) is 0 Å². The zero-order chi connectivity index (χ0) is 37.8. The lowest BCUT2D eigenvalue weighted by molar-refractivity contribution is 0.195. The molecule has 2 aliphatic heterocycles. The monoisotopic (exact) mass is 744 g/mol. The smallest absolute Gasteiger partial charge is 0.0776 e. The molecule has 0 spiro atoms. The first-order chi connectivity index (χ1) is 25.5. The van der Waals surface area contributed by atoms with Crippen LogP contribution >= 0.6 is 0 Å². The molecule has 2 aliphatic carbocycles. The van der Waals surface area contributed by atoms with Gasteiger partial charge in [-0.15, -0.1) is 0 Å². The summed E-state index contributed by atoms with van der Waals surface area (Å²) in [7, 11) is -2.94. The molecule has 0 amide bonds. The van der Waals surface area contributed by atoms with Crippen molar-refractivity contribution < 1.29 is 0 Å². The van der Waals surface area contributed by atoms with Gasteiger partial charge in [0.1, 0.15) is 0 Å². The minimum Gasteiger partial charge on any atom is -0.334 e.